The van der Waals surface area contributed by atoms with Gasteiger partial charge in [0.15, 0.2) is 0 Å². The number of nitrogens with two attached hydrogens (primary N) is 1. The van der Waals surface area contributed by atoms with Crippen molar-refractivity contribution in [3.05, 3.63) is 36.6 Å². The van der Waals surface area contributed by atoms with Crippen molar-refractivity contribution in [1.29, 1.82) is 0 Å². The van der Waals surface area contributed by atoms with Gasteiger partial charge in [0.2, 0.25) is 0 Å². The molecule has 11 heavy (non-hydrogen) atoms. The van der Waals surface area contributed by atoms with Crippen LogP contribution in [-0.4, -0.2) is 11.1 Å². The number of hydrogen-bond donors (Lipinski definition) is 2. The predicted molar refractivity (Wildman–Crippen MR) is 43.9 cm³/mol. The van der Waals surface area contributed by atoms with Gasteiger partial charge in [-0.05, 0) is 11.6 Å². The summed E-state index contributed by atoms with van der Waals surface area (Å²) in [6.45, 7) is 6.91. The SMILES string of the molecule is C=C(N)/C=C\C(=C)CC(=O)O. The predicted octanol–water partition coefficient (Wildman–Crippen LogP) is 1.05. The molecule has 0 aromatic heterocycles. The number of carboxylic acids is 1. The maximum atomic E-state index is 10.1. The number of hydrogen-bond acceptors (Lipinski definition) is 2. The van der Waals surface area contributed by atoms with Crippen LogP contribution in [0.4, 0.5) is 0 Å². The van der Waals surface area contributed by atoms with E-state index >= 15 is 0 Å². The van der Waals surface area contributed by atoms with Crippen LogP contribution in [-0.2, 0) is 4.79 Å². The molecule has 0 aliphatic heterocycles. The van der Waals surface area contributed by atoms with E-state index in [1.165, 1.54) is 12.2 Å². The molecule has 0 fully saturated rings. The molecule has 0 aliphatic carbocycles. The topological polar surface area (TPSA) is 63.3 Å². The molecule has 0 aromatic carbocycles. The van der Waals surface area contributed by atoms with Gasteiger partial charge in [0.1, 0.15) is 0 Å². The van der Waals surface area contributed by atoms with Crippen LogP contribution in [0.5, 0.6) is 0 Å². The Labute approximate surface area is 65.5 Å². The maximum absolute atomic E-state index is 10.1. The summed E-state index contributed by atoms with van der Waals surface area (Å²) in [7, 11) is 0. The van der Waals surface area contributed by atoms with Gasteiger partial charge in [0.25, 0.3) is 0 Å². The number of carbonyl (C=O) groups is 1. The van der Waals surface area contributed by atoms with Crippen LogP contribution in [0.25, 0.3) is 0 Å². The molecular weight excluding hydrogens is 142 g/mol. The Kier molecular flexibility index (Phi) is 3.73. The van der Waals surface area contributed by atoms with E-state index in [9.17, 15) is 4.79 Å². The molecule has 0 radical (unpaired) electrons. The van der Waals surface area contributed by atoms with Crippen LogP contribution < -0.4 is 5.73 Å². The number of carboxylic acid groups (broad SMARTS) is 1. The molecule has 0 rings (SSSR count). The second kappa shape index (κ2) is 4.33. The van der Waals surface area contributed by atoms with Crippen LogP contribution in [0.1, 0.15) is 6.42 Å². The van der Waals surface area contributed by atoms with Gasteiger partial charge in [-0.15, -0.1) is 0 Å². The molecule has 0 amide bonds. The van der Waals surface area contributed by atoms with Crippen molar-refractivity contribution in [3.8, 4) is 0 Å². The zero-order chi connectivity index (χ0) is 8.85. The van der Waals surface area contributed by atoms with Gasteiger partial charge < -0.3 is 10.8 Å². The lowest BCUT2D eigenvalue weighted by Crippen LogP contribution is -1.95. The molecule has 60 valence electrons. The van der Waals surface area contributed by atoms with Gasteiger partial charge in [-0.3, -0.25) is 4.79 Å². The number of allylic oxidation sites excluding steroid dienone is 2. The second-order valence-corrected chi connectivity index (χ2v) is 2.14. The molecule has 3 N–H and O–H groups in total. The fourth-order valence-electron chi connectivity index (χ4n) is 0.478. The second-order valence-electron chi connectivity index (χ2n) is 2.14. The zero-order valence-electron chi connectivity index (χ0n) is 6.21. The highest BCUT2D eigenvalue weighted by Crippen LogP contribution is 2.00. The molecule has 3 heteroatoms. The highest BCUT2D eigenvalue weighted by Gasteiger charge is 1.96. The summed E-state index contributed by atoms with van der Waals surface area (Å²) < 4.78 is 0. The first kappa shape index (κ1) is 9.49. The Morgan fingerprint density at radius 1 is 1.45 bits per heavy atom. The molecule has 0 bridgehead atoms. The van der Waals surface area contributed by atoms with E-state index in [1.807, 2.05) is 0 Å². The Balaban J connectivity index is 3.88. The summed E-state index contributed by atoms with van der Waals surface area (Å²) in [6.07, 6.45) is 2.99. The molecule has 0 spiro atoms. The monoisotopic (exact) mass is 153 g/mol. The van der Waals surface area contributed by atoms with Crippen molar-refractivity contribution in [2.24, 2.45) is 5.73 Å². The molecule has 0 unspecified atom stereocenters. The standard InChI is InChI=1S/C8H11NO2/c1-6(5-8(10)11)3-4-7(2)9/h3-4H,1-2,5,9H2,(H,10,11)/b4-3-. The minimum absolute atomic E-state index is 0.0657. The summed E-state index contributed by atoms with van der Waals surface area (Å²) in [5.74, 6) is -0.901. The molecule has 0 saturated carbocycles. The molecule has 0 saturated heterocycles. The molecule has 0 heterocycles. The van der Waals surface area contributed by atoms with Crippen LogP contribution in [0.15, 0.2) is 36.6 Å². The molecule has 0 aromatic rings. The summed E-state index contributed by atoms with van der Waals surface area (Å²) in [6, 6.07) is 0. The summed E-state index contributed by atoms with van der Waals surface area (Å²) in [5.41, 5.74) is 6.09. The van der Waals surface area contributed by atoms with E-state index in [2.05, 4.69) is 13.2 Å². The zero-order valence-corrected chi connectivity index (χ0v) is 6.21. The summed E-state index contributed by atoms with van der Waals surface area (Å²) in [4.78, 5) is 10.1. The first-order valence-corrected chi connectivity index (χ1v) is 3.04. The van der Waals surface area contributed by atoms with E-state index in [-0.39, 0.29) is 6.42 Å². The Morgan fingerprint density at radius 2 is 2.00 bits per heavy atom. The van der Waals surface area contributed by atoms with Crippen molar-refractivity contribution in [3.63, 3.8) is 0 Å². The van der Waals surface area contributed by atoms with Crippen molar-refractivity contribution >= 4 is 5.97 Å². The molecule has 3 nitrogen and oxygen atoms in total. The third-order valence-corrected chi connectivity index (χ3v) is 0.911. The van der Waals surface area contributed by atoms with Gasteiger partial charge >= 0.3 is 5.97 Å². The highest BCUT2D eigenvalue weighted by atomic mass is 16.4. The smallest absolute Gasteiger partial charge is 0.307 e. The average Bonchev–Trinajstić information content (AvgIpc) is 1.82. The lowest BCUT2D eigenvalue weighted by atomic mass is 10.2. The Hall–Kier alpha value is -1.51. The van der Waals surface area contributed by atoms with E-state index in [0.29, 0.717) is 11.3 Å². The first-order valence-electron chi connectivity index (χ1n) is 3.04. The van der Waals surface area contributed by atoms with Crippen LogP contribution >= 0.6 is 0 Å². The van der Waals surface area contributed by atoms with Gasteiger partial charge in [0.05, 0.1) is 6.42 Å². The maximum Gasteiger partial charge on any atom is 0.307 e. The van der Waals surface area contributed by atoms with Crippen molar-refractivity contribution in [2.45, 2.75) is 6.42 Å². The summed E-state index contributed by atoms with van der Waals surface area (Å²) >= 11 is 0. The minimum atomic E-state index is -0.901. The van der Waals surface area contributed by atoms with Gasteiger partial charge in [-0.1, -0.05) is 19.2 Å². The van der Waals surface area contributed by atoms with Crippen molar-refractivity contribution < 1.29 is 9.90 Å². The molecule has 0 aliphatic rings. The molecular formula is C8H11NO2. The number of aliphatic carboxylic acids is 1. The van der Waals surface area contributed by atoms with Crippen LogP contribution in [0.2, 0.25) is 0 Å². The van der Waals surface area contributed by atoms with Gasteiger partial charge in [-0.2, -0.15) is 0 Å². The van der Waals surface area contributed by atoms with Gasteiger partial charge in [-0.25, -0.2) is 0 Å². The van der Waals surface area contributed by atoms with E-state index in [0.717, 1.165) is 0 Å². The molecule has 0 atom stereocenters. The number of rotatable bonds is 4. The van der Waals surface area contributed by atoms with Gasteiger partial charge in [0, 0.05) is 5.70 Å². The third-order valence-electron chi connectivity index (χ3n) is 0.911. The minimum Gasteiger partial charge on any atom is -0.481 e. The van der Waals surface area contributed by atoms with E-state index in [1.54, 1.807) is 0 Å². The van der Waals surface area contributed by atoms with E-state index < -0.39 is 5.97 Å². The van der Waals surface area contributed by atoms with Crippen molar-refractivity contribution in [2.75, 3.05) is 0 Å². The van der Waals surface area contributed by atoms with Crippen LogP contribution in [0.3, 0.4) is 0 Å². The average molecular weight is 153 g/mol. The Bertz CT molecular complexity index is 216. The fraction of sp³-hybridized carbons (Fsp3) is 0.125. The largest absolute Gasteiger partial charge is 0.481 e. The Morgan fingerprint density at radius 3 is 2.36 bits per heavy atom. The first-order chi connectivity index (χ1) is 5.02. The lowest BCUT2D eigenvalue weighted by molar-refractivity contribution is -0.136. The fourth-order valence-corrected chi connectivity index (χ4v) is 0.478. The highest BCUT2D eigenvalue weighted by molar-refractivity contribution is 5.70. The lowest BCUT2D eigenvalue weighted by Gasteiger charge is -1.92. The van der Waals surface area contributed by atoms with Crippen LogP contribution in [0, 0.1) is 0 Å². The van der Waals surface area contributed by atoms with E-state index in [4.69, 9.17) is 10.8 Å². The van der Waals surface area contributed by atoms with Crippen molar-refractivity contribution in [1.82, 2.24) is 0 Å². The third kappa shape index (κ3) is 6.37. The quantitative estimate of drug-likeness (QED) is 0.593. The normalized spacial score (nSPS) is 9.82. The summed E-state index contributed by atoms with van der Waals surface area (Å²) in [5, 5.41) is 8.30.